The minimum Gasteiger partial charge on any atom is -0.382 e. The van der Waals surface area contributed by atoms with Crippen molar-refractivity contribution in [3.63, 3.8) is 0 Å². The van der Waals surface area contributed by atoms with Crippen molar-refractivity contribution in [2.24, 2.45) is 5.84 Å². The minimum atomic E-state index is 0.0260. The van der Waals surface area contributed by atoms with Gasteiger partial charge in [0.2, 0.25) is 0 Å². The molecule has 4 heteroatoms. The van der Waals surface area contributed by atoms with E-state index >= 15 is 0 Å². The first kappa shape index (κ1) is 13.1. The molecule has 4 nitrogen and oxygen atoms in total. The quantitative estimate of drug-likeness (QED) is 0.414. The Morgan fingerprint density at radius 2 is 2.06 bits per heavy atom. The molecule has 16 heavy (non-hydrogen) atoms. The Morgan fingerprint density at radius 1 is 1.31 bits per heavy atom. The number of aryl methyl sites for hydroxylation is 1. The molecule has 0 aliphatic carbocycles. The number of methoxy groups -OCH3 is 1. The number of nitrogens with two attached hydrogens (primary N) is 1. The monoisotopic (exact) mass is 224 g/mol. The average molecular weight is 224 g/mol. The highest BCUT2D eigenvalue weighted by Gasteiger charge is 2.11. The zero-order valence-electron chi connectivity index (χ0n) is 9.90. The van der Waals surface area contributed by atoms with Crippen LogP contribution in [-0.2, 0) is 9.47 Å². The van der Waals surface area contributed by atoms with E-state index in [-0.39, 0.29) is 6.04 Å². The van der Waals surface area contributed by atoms with Gasteiger partial charge in [-0.25, -0.2) is 0 Å². The van der Waals surface area contributed by atoms with Gasteiger partial charge < -0.3 is 9.47 Å². The molecule has 3 N–H and O–H groups in total. The Labute approximate surface area is 96.7 Å². The maximum absolute atomic E-state index is 5.53. The SMILES string of the molecule is COCCOCC(NN)c1ccccc1C. The molecule has 0 radical (unpaired) electrons. The van der Waals surface area contributed by atoms with Gasteiger partial charge in [-0.05, 0) is 18.1 Å². The third-order valence-corrected chi connectivity index (χ3v) is 2.48. The molecule has 1 atom stereocenters. The van der Waals surface area contributed by atoms with Crippen molar-refractivity contribution >= 4 is 0 Å². The lowest BCUT2D eigenvalue weighted by atomic mass is 10.0. The molecule has 0 aliphatic rings. The second-order valence-electron chi connectivity index (χ2n) is 3.64. The summed E-state index contributed by atoms with van der Waals surface area (Å²) >= 11 is 0. The summed E-state index contributed by atoms with van der Waals surface area (Å²) in [6, 6.07) is 8.16. The van der Waals surface area contributed by atoms with Crippen molar-refractivity contribution in [3.8, 4) is 0 Å². The number of hydrazine groups is 1. The van der Waals surface area contributed by atoms with Gasteiger partial charge in [0.25, 0.3) is 0 Å². The van der Waals surface area contributed by atoms with E-state index in [1.165, 1.54) is 11.1 Å². The first-order chi connectivity index (χ1) is 7.79. The third-order valence-electron chi connectivity index (χ3n) is 2.48. The summed E-state index contributed by atoms with van der Waals surface area (Å²) in [6.07, 6.45) is 0. The number of hydrogen-bond acceptors (Lipinski definition) is 4. The standard InChI is InChI=1S/C12H20N2O2/c1-10-5-3-4-6-11(10)12(14-13)9-16-8-7-15-2/h3-6,12,14H,7-9,13H2,1-2H3. The average Bonchev–Trinajstić information content (AvgIpc) is 2.31. The van der Waals surface area contributed by atoms with Gasteiger partial charge in [0.1, 0.15) is 0 Å². The maximum Gasteiger partial charge on any atom is 0.0701 e. The molecule has 1 aromatic rings. The molecule has 0 heterocycles. The van der Waals surface area contributed by atoms with Crippen molar-refractivity contribution in [3.05, 3.63) is 35.4 Å². The molecule has 0 aromatic heterocycles. The Balaban J connectivity index is 2.51. The van der Waals surface area contributed by atoms with Gasteiger partial charge >= 0.3 is 0 Å². The Bertz CT molecular complexity index is 305. The summed E-state index contributed by atoms with van der Waals surface area (Å²) in [4.78, 5) is 0. The third kappa shape index (κ3) is 3.90. The van der Waals surface area contributed by atoms with Crippen LogP contribution in [0.4, 0.5) is 0 Å². The smallest absolute Gasteiger partial charge is 0.0701 e. The number of ether oxygens (including phenoxy) is 2. The van der Waals surface area contributed by atoms with Crippen molar-refractivity contribution in [2.75, 3.05) is 26.9 Å². The first-order valence-electron chi connectivity index (χ1n) is 5.38. The fraction of sp³-hybridized carbons (Fsp3) is 0.500. The lowest BCUT2D eigenvalue weighted by Crippen LogP contribution is -2.32. The highest BCUT2D eigenvalue weighted by molar-refractivity contribution is 5.28. The van der Waals surface area contributed by atoms with Crippen LogP contribution in [0.2, 0.25) is 0 Å². The maximum atomic E-state index is 5.53. The summed E-state index contributed by atoms with van der Waals surface area (Å²) in [5.41, 5.74) is 5.15. The van der Waals surface area contributed by atoms with Crippen LogP contribution in [0.5, 0.6) is 0 Å². The van der Waals surface area contributed by atoms with E-state index in [4.69, 9.17) is 15.3 Å². The molecular weight excluding hydrogens is 204 g/mol. The van der Waals surface area contributed by atoms with Gasteiger partial charge in [-0.15, -0.1) is 0 Å². The van der Waals surface area contributed by atoms with E-state index in [1.807, 2.05) is 12.1 Å². The number of rotatable bonds is 7. The van der Waals surface area contributed by atoms with Crippen LogP contribution in [0.15, 0.2) is 24.3 Å². The van der Waals surface area contributed by atoms with E-state index < -0.39 is 0 Å². The molecule has 0 saturated heterocycles. The van der Waals surface area contributed by atoms with Crippen LogP contribution in [-0.4, -0.2) is 26.9 Å². The fourth-order valence-corrected chi connectivity index (χ4v) is 1.55. The zero-order chi connectivity index (χ0) is 11.8. The zero-order valence-corrected chi connectivity index (χ0v) is 9.90. The number of nitrogens with one attached hydrogen (secondary N) is 1. The Hall–Kier alpha value is -0.940. The van der Waals surface area contributed by atoms with Crippen LogP contribution in [0.1, 0.15) is 17.2 Å². The van der Waals surface area contributed by atoms with Crippen molar-refractivity contribution in [1.29, 1.82) is 0 Å². The van der Waals surface area contributed by atoms with Gasteiger partial charge in [0, 0.05) is 7.11 Å². The molecule has 0 aliphatic heterocycles. The van der Waals surface area contributed by atoms with Crippen LogP contribution >= 0.6 is 0 Å². The molecule has 0 fully saturated rings. The second-order valence-corrected chi connectivity index (χ2v) is 3.64. The Kier molecular flexibility index (Phi) is 6.03. The molecule has 90 valence electrons. The van der Waals surface area contributed by atoms with Crippen molar-refractivity contribution in [1.82, 2.24) is 5.43 Å². The van der Waals surface area contributed by atoms with Crippen molar-refractivity contribution < 1.29 is 9.47 Å². The highest BCUT2D eigenvalue weighted by atomic mass is 16.5. The van der Waals surface area contributed by atoms with Gasteiger partial charge in [-0.1, -0.05) is 24.3 Å². The lowest BCUT2D eigenvalue weighted by molar-refractivity contribution is 0.0585. The highest BCUT2D eigenvalue weighted by Crippen LogP contribution is 2.16. The van der Waals surface area contributed by atoms with Crippen LogP contribution in [0.3, 0.4) is 0 Å². The van der Waals surface area contributed by atoms with Crippen LogP contribution in [0.25, 0.3) is 0 Å². The molecule has 0 spiro atoms. The van der Waals surface area contributed by atoms with Crippen LogP contribution in [0, 0.1) is 6.92 Å². The van der Waals surface area contributed by atoms with E-state index in [0.29, 0.717) is 19.8 Å². The van der Waals surface area contributed by atoms with Crippen LogP contribution < -0.4 is 11.3 Å². The summed E-state index contributed by atoms with van der Waals surface area (Å²) in [5, 5.41) is 0. The number of hydrogen-bond donors (Lipinski definition) is 2. The van der Waals surface area contributed by atoms with E-state index in [1.54, 1.807) is 7.11 Å². The van der Waals surface area contributed by atoms with E-state index in [9.17, 15) is 0 Å². The van der Waals surface area contributed by atoms with Crippen molar-refractivity contribution in [2.45, 2.75) is 13.0 Å². The van der Waals surface area contributed by atoms with Gasteiger partial charge in [-0.2, -0.15) is 0 Å². The molecule has 0 amide bonds. The first-order valence-corrected chi connectivity index (χ1v) is 5.38. The molecule has 0 saturated carbocycles. The van der Waals surface area contributed by atoms with E-state index in [0.717, 1.165) is 0 Å². The summed E-state index contributed by atoms with van der Waals surface area (Å²) in [6.45, 7) is 3.80. The predicted molar refractivity (Wildman–Crippen MR) is 63.9 cm³/mol. The number of benzene rings is 1. The second kappa shape index (κ2) is 7.35. The minimum absolute atomic E-state index is 0.0260. The summed E-state index contributed by atoms with van der Waals surface area (Å²) in [7, 11) is 1.66. The molecule has 1 unspecified atom stereocenters. The molecule has 1 aromatic carbocycles. The largest absolute Gasteiger partial charge is 0.382 e. The van der Waals surface area contributed by atoms with Gasteiger partial charge in [-0.3, -0.25) is 11.3 Å². The van der Waals surface area contributed by atoms with Gasteiger partial charge in [0.15, 0.2) is 0 Å². The Morgan fingerprint density at radius 3 is 2.69 bits per heavy atom. The lowest BCUT2D eigenvalue weighted by Gasteiger charge is -2.18. The molecule has 1 rings (SSSR count). The summed E-state index contributed by atoms with van der Waals surface area (Å²) in [5.74, 6) is 5.53. The normalized spacial score (nSPS) is 12.7. The fourth-order valence-electron chi connectivity index (χ4n) is 1.55. The molecule has 0 bridgehead atoms. The summed E-state index contributed by atoms with van der Waals surface area (Å²) < 4.78 is 10.4. The molecular formula is C12H20N2O2. The topological polar surface area (TPSA) is 56.5 Å². The predicted octanol–water partition coefficient (Wildman–Crippen LogP) is 1.16. The van der Waals surface area contributed by atoms with Gasteiger partial charge in [0.05, 0.1) is 25.9 Å². The van der Waals surface area contributed by atoms with E-state index in [2.05, 4.69) is 24.5 Å².